The molecule has 2 heterocycles. The predicted octanol–water partition coefficient (Wildman–Crippen LogP) is 3.09. The number of hydrogen-bond donors (Lipinski definition) is 1. The van der Waals surface area contributed by atoms with Crippen molar-refractivity contribution in [1.82, 2.24) is 0 Å². The zero-order valence-electron chi connectivity index (χ0n) is 13.5. The van der Waals surface area contributed by atoms with Crippen molar-refractivity contribution in [3.8, 4) is 5.75 Å². The van der Waals surface area contributed by atoms with Gasteiger partial charge in [-0.25, -0.2) is 8.42 Å². The number of para-hydroxylation sites is 1. The maximum Gasteiger partial charge on any atom is 0.163 e. The van der Waals surface area contributed by atoms with E-state index in [-0.39, 0.29) is 17.6 Å². The number of ether oxygens (including phenoxy) is 1. The van der Waals surface area contributed by atoms with Crippen LogP contribution in [0.5, 0.6) is 5.75 Å². The Labute approximate surface area is 137 Å². The number of phenolic OH excluding ortho intramolecular Hbond substituents is 1. The zero-order valence-corrected chi connectivity index (χ0v) is 14.3. The van der Waals surface area contributed by atoms with Crippen molar-refractivity contribution in [1.29, 1.82) is 0 Å². The van der Waals surface area contributed by atoms with Crippen molar-refractivity contribution in [2.75, 3.05) is 12.4 Å². The second-order valence-corrected chi connectivity index (χ2v) is 8.63. The van der Waals surface area contributed by atoms with Crippen LogP contribution in [0.2, 0.25) is 0 Å². The highest BCUT2D eigenvalue weighted by Gasteiger charge is 2.45. The minimum atomic E-state index is -3.05. The summed E-state index contributed by atoms with van der Waals surface area (Å²) >= 11 is 0. The molecule has 3 rings (SSSR count). The molecule has 0 saturated carbocycles. The van der Waals surface area contributed by atoms with E-state index < -0.39 is 15.1 Å². The van der Waals surface area contributed by atoms with Gasteiger partial charge in [0.2, 0.25) is 0 Å². The Morgan fingerprint density at radius 2 is 2.13 bits per heavy atom. The van der Waals surface area contributed by atoms with Gasteiger partial charge in [0.05, 0.1) is 18.5 Å². The Bertz CT molecular complexity index is 774. The fourth-order valence-corrected chi connectivity index (χ4v) is 5.46. The van der Waals surface area contributed by atoms with E-state index in [2.05, 4.69) is 0 Å². The summed E-state index contributed by atoms with van der Waals surface area (Å²) in [5, 5.41) is 9.39. The summed E-state index contributed by atoms with van der Waals surface area (Å²) in [7, 11) is -3.05. The van der Waals surface area contributed by atoms with Gasteiger partial charge in [-0.3, -0.25) is 0 Å². The van der Waals surface area contributed by atoms with E-state index in [0.29, 0.717) is 6.61 Å². The molecule has 124 valence electrons. The monoisotopic (exact) mass is 334 g/mol. The summed E-state index contributed by atoms with van der Waals surface area (Å²) in [5.41, 5.74) is 3.88. The minimum Gasteiger partial charge on any atom is -0.507 e. The SMILES string of the molecule is CC1=C2[C@@H](CC/C(C)=C/c3ccccc3O)OC[C@@H]2S(=O)(=O)C1. The molecule has 1 saturated heterocycles. The Morgan fingerprint density at radius 3 is 2.87 bits per heavy atom. The summed E-state index contributed by atoms with van der Waals surface area (Å²) in [6.07, 6.45) is 3.45. The van der Waals surface area contributed by atoms with E-state index in [1.54, 1.807) is 12.1 Å². The summed E-state index contributed by atoms with van der Waals surface area (Å²) in [6, 6.07) is 7.23. The smallest absolute Gasteiger partial charge is 0.163 e. The third-order valence-electron chi connectivity index (χ3n) is 4.63. The van der Waals surface area contributed by atoms with Crippen LogP contribution in [-0.4, -0.2) is 37.2 Å². The molecule has 0 aliphatic carbocycles. The van der Waals surface area contributed by atoms with Crippen LogP contribution < -0.4 is 0 Å². The Balaban J connectivity index is 1.68. The van der Waals surface area contributed by atoms with Gasteiger partial charge in [0.15, 0.2) is 9.84 Å². The van der Waals surface area contributed by atoms with Gasteiger partial charge in [0.25, 0.3) is 0 Å². The van der Waals surface area contributed by atoms with Crippen LogP contribution >= 0.6 is 0 Å². The van der Waals surface area contributed by atoms with Crippen molar-refractivity contribution < 1.29 is 18.3 Å². The van der Waals surface area contributed by atoms with Crippen LogP contribution in [-0.2, 0) is 14.6 Å². The van der Waals surface area contributed by atoms with Crippen LogP contribution in [0.15, 0.2) is 41.0 Å². The molecule has 1 aromatic carbocycles. The molecule has 4 nitrogen and oxygen atoms in total. The number of fused-ring (bicyclic) bond motifs is 1. The molecule has 5 heteroatoms. The van der Waals surface area contributed by atoms with E-state index in [9.17, 15) is 13.5 Å². The molecule has 2 aliphatic rings. The summed E-state index contributed by atoms with van der Waals surface area (Å²) < 4.78 is 29.8. The maximum atomic E-state index is 12.1. The fourth-order valence-electron chi connectivity index (χ4n) is 3.47. The number of sulfone groups is 1. The molecule has 1 fully saturated rings. The second kappa shape index (κ2) is 6.13. The lowest BCUT2D eigenvalue weighted by Gasteiger charge is -2.12. The summed E-state index contributed by atoms with van der Waals surface area (Å²) in [6.45, 7) is 4.21. The molecule has 0 aromatic heterocycles. The highest BCUT2D eigenvalue weighted by molar-refractivity contribution is 7.92. The molecule has 1 aromatic rings. The second-order valence-electron chi connectivity index (χ2n) is 6.44. The van der Waals surface area contributed by atoms with Gasteiger partial charge in [0.1, 0.15) is 11.0 Å². The quantitative estimate of drug-likeness (QED) is 0.860. The number of rotatable bonds is 4. The lowest BCUT2D eigenvalue weighted by Crippen LogP contribution is -2.19. The Morgan fingerprint density at radius 1 is 1.39 bits per heavy atom. The van der Waals surface area contributed by atoms with Crippen LogP contribution in [0.3, 0.4) is 0 Å². The van der Waals surface area contributed by atoms with Gasteiger partial charge in [0, 0.05) is 5.56 Å². The maximum absolute atomic E-state index is 12.1. The number of allylic oxidation sites excluding steroid dienone is 1. The van der Waals surface area contributed by atoms with Crippen molar-refractivity contribution in [2.24, 2.45) is 0 Å². The highest BCUT2D eigenvalue weighted by Crippen LogP contribution is 2.38. The molecular formula is C18H22O4S. The van der Waals surface area contributed by atoms with E-state index in [1.807, 2.05) is 32.1 Å². The lowest BCUT2D eigenvalue weighted by atomic mass is 9.97. The minimum absolute atomic E-state index is 0.0926. The Kier molecular flexibility index (Phi) is 4.34. The van der Waals surface area contributed by atoms with Gasteiger partial charge in [-0.05, 0) is 38.3 Å². The van der Waals surface area contributed by atoms with E-state index in [4.69, 9.17) is 4.74 Å². The predicted molar refractivity (Wildman–Crippen MR) is 91.0 cm³/mol. The van der Waals surface area contributed by atoms with E-state index >= 15 is 0 Å². The number of benzene rings is 1. The summed E-state index contributed by atoms with van der Waals surface area (Å²) in [5.74, 6) is 0.448. The van der Waals surface area contributed by atoms with Crippen LogP contribution in [0, 0.1) is 0 Å². The third-order valence-corrected chi connectivity index (χ3v) is 6.72. The molecule has 1 N–H and O–H groups in total. The number of hydrogen-bond acceptors (Lipinski definition) is 4. The molecule has 0 spiro atoms. The average molecular weight is 334 g/mol. The van der Waals surface area contributed by atoms with Crippen LogP contribution in [0.25, 0.3) is 6.08 Å². The number of phenols is 1. The largest absolute Gasteiger partial charge is 0.507 e. The molecule has 0 radical (unpaired) electrons. The van der Waals surface area contributed by atoms with Crippen molar-refractivity contribution in [3.05, 3.63) is 46.5 Å². The van der Waals surface area contributed by atoms with Crippen LogP contribution in [0.1, 0.15) is 32.3 Å². The topological polar surface area (TPSA) is 63.6 Å². The van der Waals surface area contributed by atoms with Crippen LogP contribution in [0.4, 0.5) is 0 Å². The standard InChI is InChI=1S/C18H22O4S/c1-12(9-14-5-3-4-6-15(14)19)7-8-16-18-13(2)11-23(20,21)17(18)10-22-16/h3-6,9,16-17,19H,7-8,10-11H2,1-2H3/b12-9+/t16-,17+/m1/s1. The fraction of sp³-hybridized carbons (Fsp3) is 0.444. The van der Waals surface area contributed by atoms with Crippen molar-refractivity contribution in [2.45, 2.75) is 38.0 Å². The molecule has 0 amide bonds. The molecule has 2 atom stereocenters. The first kappa shape index (κ1) is 16.3. The normalized spacial score (nSPS) is 26.6. The average Bonchev–Trinajstić information content (AvgIpc) is 3.00. The van der Waals surface area contributed by atoms with Crippen molar-refractivity contribution in [3.63, 3.8) is 0 Å². The van der Waals surface area contributed by atoms with Crippen molar-refractivity contribution >= 4 is 15.9 Å². The molecule has 2 aliphatic heterocycles. The number of aromatic hydroxyl groups is 1. The molecular weight excluding hydrogens is 312 g/mol. The third kappa shape index (κ3) is 3.21. The van der Waals surface area contributed by atoms with E-state index in [1.165, 1.54) is 0 Å². The molecule has 23 heavy (non-hydrogen) atoms. The zero-order chi connectivity index (χ0) is 16.6. The molecule has 0 bridgehead atoms. The first-order valence-electron chi connectivity index (χ1n) is 7.86. The first-order valence-corrected chi connectivity index (χ1v) is 9.58. The highest BCUT2D eigenvalue weighted by atomic mass is 32.2. The molecule has 0 unspecified atom stereocenters. The van der Waals surface area contributed by atoms with Gasteiger partial charge in [-0.15, -0.1) is 0 Å². The van der Waals surface area contributed by atoms with Gasteiger partial charge in [-0.2, -0.15) is 0 Å². The van der Waals surface area contributed by atoms with E-state index in [0.717, 1.165) is 35.1 Å². The first-order chi connectivity index (χ1) is 10.9. The van der Waals surface area contributed by atoms with Gasteiger partial charge < -0.3 is 9.84 Å². The van der Waals surface area contributed by atoms with Gasteiger partial charge >= 0.3 is 0 Å². The lowest BCUT2D eigenvalue weighted by molar-refractivity contribution is 0.118. The summed E-state index contributed by atoms with van der Waals surface area (Å²) in [4.78, 5) is 0. The van der Waals surface area contributed by atoms with Gasteiger partial charge in [-0.1, -0.05) is 35.4 Å². The Hall–Kier alpha value is -1.59.